The van der Waals surface area contributed by atoms with Crippen molar-refractivity contribution in [3.63, 3.8) is 0 Å². The number of anilines is 1. The summed E-state index contributed by atoms with van der Waals surface area (Å²) in [4.78, 5) is 25.9. The van der Waals surface area contributed by atoms with Crippen molar-refractivity contribution in [2.45, 2.75) is 31.9 Å². The number of hydrogen-bond donors (Lipinski definition) is 1. The zero-order valence-corrected chi connectivity index (χ0v) is 13.9. The second-order valence-corrected chi connectivity index (χ2v) is 6.31. The van der Waals surface area contributed by atoms with Gasteiger partial charge in [-0.2, -0.15) is 5.10 Å². The van der Waals surface area contributed by atoms with Gasteiger partial charge in [0, 0.05) is 39.4 Å². The Kier molecular flexibility index (Phi) is 5.47. The number of hydrogen-bond acceptors (Lipinski definition) is 5. The van der Waals surface area contributed by atoms with Crippen LogP contribution in [0.3, 0.4) is 0 Å². The molecule has 2 saturated heterocycles. The van der Waals surface area contributed by atoms with Gasteiger partial charge in [0.2, 0.25) is 11.8 Å². The molecule has 0 spiro atoms. The molecule has 8 nitrogen and oxygen atoms in total. The highest BCUT2D eigenvalue weighted by Gasteiger charge is 2.34. The lowest BCUT2D eigenvalue weighted by atomic mass is 10.1. The number of nitrogens with one attached hydrogen (secondary N) is 1. The Hall–Kier alpha value is -1.93. The van der Waals surface area contributed by atoms with Gasteiger partial charge in [0.05, 0.1) is 37.1 Å². The van der Waals surface area contributed by atoms with Crippen molar-refractivity contribution in [1.82, 2.24) is 14.7 Å². The van der Waals surface area contributed by atoms with Crippen LogP contribution in [-0.4, -0.2) is 66.0 Å². The van der Waals surface area contributed by atoms with E-state index in [1.54, 1.807) is 29.1 Å². The number of amides is 2. The van der Waals surface area contributed by atoms with E-state index in [0.29, 0.717) is 31.9 Å². The molecule has 0 saturated carbocycles. The highest BCUT2D eigenvalue weighted by Crippen LogP contribution is 2.20. The predicted molar refractivity (Wildman–Crippen MR) is 86.4 cm³/mol. The summed E-state index contributed by atoms with van der Waals surface area (Å²) in [6, 6.07) is 0. The molecule has 0 aromatic carbocycles. The lowest BCUT2D eigenvalue weighted by molar-refractivity contribution is -0.128. The summed E-state index contributed by atoms with van der Waals surface area (Å²) in [6.45, 7) is 2.96. The first-order valence-corrected chi connectivity index (χ1v) is 8.37. The SMILES string of the molecule is COCCN1CC(C(=O)Nc2cnn(CC3CCCO3)c2)CC1=O. The van der Waals surface area contributed by atoms with E-state index in [1.807, 2.05) is 0 Å². The Balaban J connectivity index is 1.50. The van der Waals surface area contributed by atoms with Gasteiger partial charge in [0.25, 0.3) is 0 Å². The van der Waals surface area contributed by atoms with E-state index in [1.165, 1.54) is 0 Å². The van der Waals surface area contributed by atoms with Gasteiger partial charge in [-0.15, -0.1) is 0 Å². The second-order valence-electron chi connectivity index (χ2n) is 6.31. The highest BCUT2D eigenvalue weighted by atomic mass is 16.5. The average molecular weight is 336 g/mol. The van der Waals surface area contributed by atoms with E-state index in [2.05, 4.69) is 10.4 Å². The zero-order chi connectivity index (χ0) is 16.9. The molecule has 0 radical (unpaired) electrons. The molecule has 132 valence electrons. The molecule has 2 amide bonds. The standard InChI is InChI=1S/C16H24N4O4/c1-23-6-4-19-9-12(7-15(19)21)16(22)18-13-8-17-20(10-13)11-14-3-2-5-24-14/h8,10,12,14H,2-7,9,11H2,1H3,(H,18,22). The van der Waals surface area contributed by atoms with Crippen molar-refractivity contribution in [2.24, 2.45) is 5.92 Å². The number of carbonyl (C=O) groups is 2. The van der Waals surface area contributed by atoms with Gasteiger partial charge in [0.15, 0.2) is 0 Å². The summed E-state index contributed by atoms with van der Waals surface area (Å²) in [7, 11) is 1.60. The molecule has 0 aliphatic carbocycles. The minimum Gasteiger partial charge on any atom is -0.383 e. The van der Waals surface area contributed by atoms with Crippen LogP contribution in [0.5, 0.6) is 0 Å². The van der Waals surface area contributed by atoms with Crippen LogP contribution in [-0.2, 0) is 25.6 Å². The van der Waals surface area contributed by atoms with Crippen LogP contribution in [0.15, 0.2) is 12.4 Å². The van der Waals surface area contributed by atoms with Crippen molar-refractivity contribution in [3.8, 4) is 0 Å². The summed E-state index contributed by atoms with van der Waals surface area (Å²) in [5.74, 6) is -0.461. The first-order chi connectivity index (χ1) is 11.7. The van der Waals surface area contributed by atoms with Crippen molar-refractivity contribution in [3.05, 3.63) is 12.4 Å². The van der Waals surface area contributed by atoms with Crippen molar-refractivity contribution in [1.29, 1.82) is 0 Å². The van der Waals surface area contributed by atoms with Gasteiger partial charge < -0.3 is 19.7 Å². The van der Waals surface area contributed by atoms with Crippen LogP contribution >= 0.6 is 0 Å². The third-order valence-corrected chi connectivity index (χ3v) is 4.47. The fraction of sp³-hybridized carbons (Fsp3) is 0.688. The Morgan fingerprint density at radius 3 is 3.17 bits per heavy atom. The molecular formula is C16H24N4O4. The number of carbonyl (C=O) groups excluding carboxylic acids is 2. The summed E-state index contributed by atoms with van der Waals surface area (Å²) in [5.41, 5.74) is 0.654. The third kappa shape index (κ3) is 4.12. The molecule has 24 heavy (non-hydrogen) atoms. The normalized spacial score (nSPS) is 23.9. The lowest BCUT2D eigenvalue weighted by Gasteiger charge is -2.15. The fourth-order valence-corrected chi connectivity index (χ4v) is 3.13. The van der Waals surface area contributed by atoms with Gasteiger partial charge >= 0.3 is 0 Å². The number of aromatic nitrogens is 2. The summed E-state index contributed by atoms with van der Waals surface area (Å²) < 4.78 is 12.4. The average Bonchev–Trinajstić information content (AvgIpc) is 3.28. The van der Waals surface area contributed by atoms with Crippen molar-refractivity contribution < 1.29 is 19.1 Å². The smallest absolute Gasteiger partial charge is 0.229 e. The topological polar surface area (TPSA) is 85.7 Å². The molecule has 8 heteroatoms. The Morgan fingerprint density at radius 2 is 2.42 bits per heavy atom. The molecule has 1 aromatic heterocycles. The predicted octanol–water partition coefficient (Wildman–Crippen LogP) is 0.496. The van der Waals surface area contributed by atoms with Crippen molar-refractivity contribution >= 4 is 17.5 Å². The van der Waals surface area contributed by atoms with E-state index in [-0.39, 0.29) is 30.3 Å². The van der Waals surface area contributed by atoms with E-state index in [4.69, 9.17) is 9.47 Å². The Bertz CT molecular complexity index is 582. The highest BCUT2D eigenvalue weighted by molar-refractivity contribution is 5.97. The maximum Gasteiger partial charge on any atom is 0.229 e. The quantitative estimate of drug-likeness (QED) is 0.783. The molecule has 3 heterocycles. The van der Waals surface area contributed by atoms with Crippen molar-refractivity contribution in [2.75, 3.05) is 38.7 Å². The number of ether oxygens (including phenoxy) is 2. The lowest BCUT2D eigenvalue weighted by Crippen LogP contribution is -2.30. The fourth-order valence-electron chi connectivity index (χ4n) is 3.13. The van der Waals surface area contributed by atoms with Gasteiger partial charge in [-0.05, 0) is 12.8 Å². The monoisotopic (exact) mass is 336 g/mol. The molecule has 3 rings (SSSR count). The van der Waals surface area contributed by atoms with Crippen LogP contribution in [0.1, 0.15) is 19.3 Å². The van der Waals surface area contributed by atoms with E-state index in [0.717, 1.165) is 19.4 Å². The Labute approximate surface area is 141 Å². The summed E-state index contributed by atoms with van der Waals surface area (Å²) in [6.07, 6.45) is 6.02. The van der Waals surface area contributed by atoms with Gasteiger partial charge in [-0.1, -0.05) is 0 Å². The molecule has 1 aromatic rings. The third-order valence-electron chi connectivity index (χ3n) is 4.47. The molecule has 2 fully saturated rings. The van der Waals surface area contributed by atoms with Crippen LogP contribution in [0, 0.1) is 5.92 Å². The van der Waals surface area contributed by atoms with E-state index in [9.17, 15) is 9.59 Å². The number of rotatable bonds is 7. The molecule has 1 N–H and O–H groups in total. The molecule has 0 bridgehead atoms. The van der Waals surface area contributed by atoms with Crippen LogP contribution < -0.4 is 5.32 Å². The summed E-state index contributed by atoms with van der Waals surface area (Å²) in [5, 5.41) is 7.11. The first-order valence-electron chi connectivity index (χ1n) is 8.37. The molecule has 2 unspecified atom stereocenters. The molecule has 2 atom stereocenters. The van der Waals surface area contributed by atoms with Gasteiger partial charge in [-0.3, -0.25) is 14.3 Å². The van der Waals surface area contributed by atoms with Gasteiger partial charge in [0.1, 0.15) is 0 Å². The molecular weight excluding hydrogens is 312 g/mol. The molecule has 2 aliphatic rings. The summed E-state index contributed by atoms with van der Waals surface area (Å²) >= 11 is 0. The molecule has 2 aliphatic heterocycles. The minimum atomic E-state index is -0.323. The van der Waals surface area contributed by atoms with Crippen LogP contribution in [0.25, 0.3) is 0 Å². The largest absolute Gasteiger partial charge is 0.383 e. The van der Waals surface area contributed by atoms with E-state index < -0.39 is 0 Å². The van der Waals surface area contributed by atoms with E-state index >= 15 is 0 Å². The maximum absolute atomic E-state index is 12.4. The van der Waals surface area contributed by atoms with Crippen LogP contribution in [0.2, 0.25) is 0 Å². The Morgan fingerprint density at radius 1 is 1.54 bits per heavy atom. The number of methoxy groups -OCH3 is 1. The minimum absolute atomic E-state index is 0.00118. The number of nitrogens with zero attached hydrogens (tertiary/aromatic N) is 3. The maximum atomic E-state index is 12.4. The van der Waals surface area contributed by atoms with Crippen LogP contribution in [0.4, 0.5) is 5.69 Å². The zero-order valence-electron chi connectivity index (χ0n) is 13.9. The number of likely N-dealkylation sites (tertiary alicyclic amines) is 1. The second kappa shape index (κ2) is 7.76. The first kappa shape index (κ1) is 16.9. The van der Waals surface area contributed by atoms with Gasteiger partial charge in [-0.25, -0.2) is 0 Å².